The van der Waals surface area contributed by atoms with Crippen molar-refractivity contribution in [3.8, 4) is 6.07 Å². The molecule has 3 heteroatoms. The molecule has 0 bridgehead atoms. The van der Waals surface area contributed by atoms with Gasteiger partial charge in [-0.15, -0.1) is 0 Å². The summed E-state index contributed by atoms with van der Waals surface area (Å²) in [6.07, 6.45) is 1.03. The van der Waals surface area contributed by atoms with Gasteiger partial charge in [-0.1, -0.05) is 12.1 Å². The molecule has 0 aliphatic carbocycles. The Bertz CT molecular complexity index is 344. The molecule has 0 unspecified atom stereocenters. The summed E-state index contributed by atoms with van der Waals surface area (Å²) in [6, 6.07) is 10.5. The van der Waals surface area contributed by atoms with Gasteiger partial charge in [-0.05, 0) is 24.1 Å². The molecule has 15 heavy (non-hydrogen) atoms. The summed E-state index contributed by atoms with van der Waals surface area (Å²) in [5.74, 6) is 0. The highest BCUT2D eigenvalue weighted by molar-refractivity contribution is 5.31. The molecule has 0 aromatic heterocycles. The van der Waals surface area contributed by atoms with Gasteiger partial charge in [0, 0.05) is 25.7 Å². The van der Waals surface area contributed by atoms with E-state index in [-0.39, 0.29) is 0 Å². The minimum absolute atomic E-state index is 0.520. The summed E-state index contributed by atoms with van der Waals surface area (Å²) >= 11 is 0. The summed E-state index contributed by atoms with van der Waals surface area (Å²) in [5, 5.41) is 15.5. The van der Waals surface area contributed by atoms with Crippen molar-refractivity contribution in [1.82, 2.24) is 10.6 Å². The van der Waals surface area contributed by atoms with Crippen molar-refractivity contribution >= 4 is 0 Å². The molecular formula is C12H15N3. The Kier molecular flexibility index (Phi) is 3.33. The molecule has 1 aromatic carbocycles. The van der Waals surface area contributed by atoms with E-state index >= 15 is 0 Å². The van der Waals surface area contributed by atoms with E-state index in [2.05, 4.69) is 16.7 Å². The normalized spacial score (nSPS) is 20.9. The number of hydrogen-bond donors (Lipinski definition) is 2. The standard InChI is InChI=1S/C12H15N3/c13-8-11-3-1-10(2-4-11)7-12-9-14-5-6-15-12/h1-4,12,14-15H,5-7,9H2/t12-/m1/s1. The first-order valence-electron chi connectivity index (χ1n) is 5.31. The van der Waals surface area contributed by atoms with Gasteiger partial charge >= 0.3 is 0 Å². The molecule has 1 fully saturated rings. The number of nitrogens with zero attached hydrogens (tertiary/aromatic N) is 1. The number of hydrogen-bond acceptors (Lipinski definition) is 3. The lowest BCUT2D eigenvalue weighted by Gasteiger charge is -2.24. The third kappa shape index (κ3) is 2.79. The van der Waals surface area contributed by atoms with Crippen molar-refractivity contribution in [1.29, 1.82) is 5.26 Å². The van der Waals surface area contributed by atoms with Gasteiger partial charge in [0.1, 0.15) is 0 Å². The Morgan fingerprint density at radius 2 is 2.07 bits per heavy atom. The summed E-state index contributed by atoms with van der Waals surface area (Å²) in [7, 11) is 0. The number of benzene rings is 1. The first-order chi connectivity index (χ1) is 7.38. The molecule has 3 nitrogen and oxygen atoms in total. The second-order valence-electron chi connectivity index (χ2n) is 3.87. The van der Waals surface area contributed by atoms with Crippen LogP contribution >= 0.6 is 0 Å². The lowest BCUT2D eigenvalue weighted by molar-refractivity contribution is 0.416. The van der Waals surface area contributed by atoms with E-state index in [4.69, 9.17) is 5.26 Å². The van der Waals surface area contributed by atoms with Crippen LogP contribution < -0.4 is 10.6 Å². The fourth-order valence-corrected chi connectivity index (χ4v) is 1.86. The number of nitriles is 1. The van der Waals surface area contributed by atoms with Gasteiger partial charge in [0.05, 0.1) is 11.6 Å². The van der Waals surface area contributed by atoms with E-state index in [1.165, 1.54) is 5.56 Å². The topological polar surface area (TPSA) is 47.9 Å². The van der Waals surface area contributed by atoms with Crippen molar-refractivity contribution in [2.45, 2.75) is 12.5 Å². The zero-order chi connectivity index (χ0) is 10.5. The number of piperazine rings is 1. The molecule has 1 aliphatic rings. The molecule has 1 saturated heterocycles. The molecule has 0 spiro atoms. The van der Waals surface area contributed by atoms with Crippen LogP contribution in [0.5, 0.6) is 0 Å². The predicted molar refractivity (Wildman–Crippen MR) is 59.5 cm³/mol. The van der Waals surface area contributed by atoms with E-state index in [0.717, 1.165) is 31.6 Å². The predicted octanol–water partition coefficient (Wildman–Crippen LogP) is 0.662. The van der Waals surface area contributed by atoms with Crippen molar-refractivity contribution in [2.24, 2.45) is 0 Å². The zero-order valence-corrected chi connectivity index (χ0v) is 8.66. The maximum atomic E-state index is 8.68. The van der Waals surface area contributed by atoms with Crippen LogP contribution in [0.3, 0.4) is 0 Å². The maximum Gasteiger partial charge on any atom is 0.0991 e. The van der Waals surface area contributed by atoms with Gasteiger partial charge in [-0.25, -0.2) is 0 Å². The summed E-state index contributed by atoms with van der Waals surface area (Å²) in [6.45, 7) is 3.13. The van der Waals surface area contributed by atoms with E-state index in [1.807, 2.05) is 24.3 Å². The molecular weight excluding hydrogens is 186 g/mol. The van der Waals surface area contributed by atoms with Gasteiger partial charge in [-0.3, -0.25) is 0 Å². The second-order valence-corrected chi connectivity index (χ2v) is 3.87. The van der Waals surface area contributed by atoms with Crippen molar-refractivity contribution in [3.05, 3.63) is 35.4 Å². The van der Waals surface area contributed by atoms with Crippen LogP contribution in [0, 0.1) is 11.3 Å². The van der Waals surface area contributed by atoms with Crippen LogP contribution in [-0.4, -0.2) is 25.7 Å². The quantitative estimate of drug-likeness (QED) is 0.739. The van der Waals surface area contributed by atoms with Crippen LogP contribution in [0.2, 0.25) is 0 Å². The smallest absolute Gasteiger partial charge is 0.0991 e. The largest absolute Gasteiger partial charge is 0.314 e. The third-order valence-electron chi connectivity index (χ3n) is 2.69. The summed E-state index contributed by atoms with van der Waals surface area (Å²) in [5.41, 5.74) is 2.02. The minimum Gasteiger partial charge on any atom is -0.314 e. The average molecular weight is 201 g/mol. The van der Waals surface area contributed by atoms with Gasteiger partial charge in [0.15, 0.2) is 0 Å². The second kappa shape index (κ2) is 4.92. The van der Waals surface area contributed by atoms with E-state index < -0.39 is 0 Å². The highest BCUT2D eigenvalue weighted by Crippen LogP contribution is 2.06. The Hall–Kier alpha value is -1.37. The van der Waals surface area contributed by atoms with E-state index in [9.17, 15) is 0 Å². The lowest BCUT2D eigenvalue weighted by Crippen LogP contribution is -2.49. The fourth-order valence-electron chi connectivity index (χ4n) is 1.86. The number of rotatable bonds is 2. The van der Waals surface area contributed by atoms with Gasteiger partial charge in [0.25, 0.3) is 0 Å². The zero-order valence-electron chi connectivity index (χ0n) is 8.66. The van der Waals surface area contributed by atoms with Crippen molar-refractivity contribution in [2.75, 3.05) is 19.6 Å². The molecule has 0 amide bonds. The minimum atomic E-state index is 0.520. The highest BCUT2D eigenvalue weighted by atomic mass is 15.0. The fraction of sp³-hybridized carbons (Fsp3) is 0.417. The molecule has 2 rings (SSSR count). The summed E-state index contributed by atoms with van der Waals surface area (Å²) in [4.78, 5) is 0. The Balaban J connectivity index is 1.95. The maximum absolute atomic E-state index is 8.68. The highest BCUT2D eigenvalue weighted by Gasteiger charge is 2.11. The molecule has 1 heterocycles. The van der Waals surface area contributed by atoms with E-state index in [1.54, 1.807) is 0 Å². The third-order valence-corrected chi connectivity index (χ3v) is 2.69. The molecule has 1 atom stereocenters. The van der Waals surface area contributed by atoms with Gasteiger partial charge in [-0.2, -0.15) is 5.26 Å². The molecule has 1 aliphatic heterocycles. The summed E-state index contributed by atoms with van der Waals surface area (Å²) < 4.78 is 0. The molecule has 78 valence electrons. The molecule has 1 aromatic rings. The van der Waals surface area contributed by atoms with Crippen LogP contribution in [0.15, 0.2) is 24.3 Å². The van der Waals surface area contributed by atoms with Gasteiger partial charge < -0.3 is 10.6 Å². The first kappa shape index (κ1) is 10.2. The Labute approximate surface area is 90.1 Å². The van der Waals surface area contributed by atoms with Crippen molar-refractivity contribution < 1.29 is 0 Å². The Morgan fingerprint density at radius 1 is 1.27 bits per heavy atom. The van der Waals surface area contributed by atoms with Gasteiger partial charge in [0.2, 0.25) is 0 Å². The molecule has 2 N–H and O–H groups in total. The number of nitrogens with one attached hydrogen (secondary N) is 2. The monoisotopic (exact) mass is 201 g/mol. The SMILES string of the molecule is N#Cc1ccc(C[C@@H]2CNCCN2)cc1. The van der Waals surface area contributed by atoms with E-state index in [0.29, 0.717) is 6.04 Å². The Morgan fingerprint density at radius 3 is 2.67 bits per heavy atom. The molecule has 0 radical (unpaired) electrons. The van der Waals surface area contributed by atoms with Crippen LogP contribution in [-0.2, 0) is 6.42 Å². The molecule has 0 saturated carbocycles. The lowest BCUT2D eigenvalue weighted by atomic mass is 10.0. The van der Waals surface area contributed by atoms with Crippen LogP contribution in [0.1, 0.15) is 11.1 Å². The average Bonchev–Trinajstić information content (AvgIpc) is 2.31. The van der Waals surface area contributed by atoms with Crippen molar-refractivity contribution in [3.63, 3.8) is 0 Å². The first-order valence-corrected chi connectivity index (χ1v) is 5.31. The van der Waals surface area contributed by atoms with Crippen LogP contribution in [0.4, 0.5) is 0 Å². The van der Waals surface area contributed by atoms with Crippen LogP contribution in [0.25, 0.3) is 0 Å².